The number of aromatic carboxylic acids is 1. The zero-order valence-corrected chi connectivity index (χ0v) is 15.1. The fraction of sp³-hybridized carbons (Fsp3) is 0.150. The molecule has 7 heteroatoms. The van der Waals surface area contributed by atoms with Crippen LogP contribution >= 0.6 is 11.8 Å². The Morgan fingerprint density at radius 2 is 1.93 bits per heavy atom. The lowest BCUT2D eigenvalue weighted by Crippen LogP contribution is -2.16. The number of nitrogens with one attached hydrogen (secondary N) is 1. The maximum atomic E-state index is 12.2. The van der Waals surface area contributed by atoms with Crippen LogP contribution in [0.3, 0.4) is 0 Å². The lowest BCUT2D eigenvalue weighted by Gasteiger charge is -2.14. The smallest absolute Gasteiger partial charge is 0.335 e. The second-order valence-corrected chi connectivity index (χ2v) is 7.35. The number of fused-ring (bicyclic) bond motifs is 1. The first kappa shape index (κ1) is 17.4. The van der Waals surface area contributed by atoms with Crippen molar-refractivity contribution >= 4 is 29.5 Å². The number of benzene rings is 2. The third-order valence-electron chi connectivity index (χ3n) is 4.42. The number of anilines is 1. The number of thioether (sulfide) groups is 1. The molecule has 0 unspecified atom stereocenters. The molecule has 1 aliphatic heterocycles. The lowest BCUT2D eigenvalue weighted by molar-refractivity contribution is -0.113. The van der Waals surface area contributed by atoms with E-state index in [1.165, 1.54) is 11.8 Å². The predicted molar refractivity (Wildman–Crippen MR) is 104 cm³/mol. The fourth-order valence-electron chi connectivity index (χ4n) is 3.10. The van der Waals surface area contributed by atoms with E-state index in [9.17, 15) is 9.59 Å². The molecule has 1 aromatic heterocycles. The second kappa shape index (κ2) is 7.28. The third-order valence-corrected chi connectivity index (χ3v) is 5.71. The fourth-order valence-corrected chi connectivity index (χ4v) is 4.19. The zero-order chi connectivity index (χ0) is 18.8. The van der Waals surface area contributed by atoms with Gasteiger partial charge in [0.25, 0.3) is 0 Å². The number of hydrogen-bond donors (Lipinski definition) is 2. The Labute approximate surface area is 160 Å². The molecule has 0 saturated carbocycles. The average molecular weight is 379 g/mol. The summed E-state index contributed by atoms with van der Waals surface area (Å²) in [6, 6.07) is 16.7. The molecular weight excluding hydrogens is 362 g/mol. The highest BCUT2D eigenvalue weighted by atomic mass is 32.2. The third kappa shape index (κ3) is 3.59. The molecule has 4 rings (SSSR count). The van der Waals surface area contributed by atoms with E-state index >= 15 is 0 Å². The summed E-state index contributed by atoms with van der Waals surface area (Å²) in [5.41, 5.74) is 3.20. The van der Waals surface area contributed by atoms with E-state index in [2.05, 4.69) is 10.4 Å². The summed E-state index contributed by atoms with van der Waals surface area (Å²) in [5, 5.41) is 16.5. The molecule has 3 aromatic rings. The van der Waals surface area contributed by atoms with Gasteiger partial charge >= 0.3 is 5.97 Å². The summed E-state index contributed by atoms with van der Waals surface area (Å²) < 4.78 is 1.80. The number of hydrogen-bond acceptors (Lipinski definition) is 4. The number of nitrogens with zero attached hydrogens (tertiary/aromatic N) is 2. The highest BCUT2D eigenvalue weighted by Crippen LogP contribution is 2.41. The van der Waals surface area contributed by atoms with Crippen molar-refractivity contribution in [1.29, 1.82) is 0 Å². The first-order valence-corrected chi connectivity index (χ1v) is 9.51. The van der Waals surface area contributed by atoms with Crippen LogP contribution in [0, 0.1) is 0 Å². The molecule has 2 heterocycles. The number of amides is 1. The molecule has 0 radical (unpaired) electrons. The van der Waals surface area contributed by atoms with Crippen molar-refractivity contribution < 1.29 is 14.7 Å². The molecule has 1 aliphatic rings. The van der Waals surface area contributed by atoms with Crippen LogP contribution in [0.25, 0.3) is 0 Å². The maximum Gasteiger partial charge on any atom is 0.335 e. The molecule has 27 heavy (non-hydrogen) atoms. The van der Waals surface area contributed by atoms with E-state index in [1.54, 1.807) is 35.1 Å². The van der Waals surface area contributed by atoms with Crippen molar-refractivity contribution in [1.82, 2.24) is 9.78 Å². The first-order valence-electron chi connectivity index (χ1n) is 8.46. The van der Waals surface area contributed by atoms with Gasteiger partial charge in [0.2, 0.25) is 5.91 Å². The van der Waals surface area contributed by atoms with Gasteiger partial charge in [-0.3, -0.25) is 4.79 Å². The number of carbonyl (C=O) groups excluding carboxylic acids is 1. The summed E-state index contributed by atoms with van der Waals surface area (Å²) in [5.74, 6) is -0.00378. The minimum absolute atomic E-state index is 0.0688. The van der Waals surface area contributed by atoms with Crippen LogP contribution in [0.5, 0.6) is 0 Å². The standard InChI is InChI=1S/C20H17N3O3S/c24-17-12-27-18(14-6-8-15(9-7-14)20(25)26)16-10-21-23(19(16)22-17)11-13-4-2-1-3-5-13/h1-10,18H,11-12H2,(H,22,24)(H,25,26)/t18-/m1/s1. The van der Waals surface area contributed by atoms with Gasteiger partial charge in [0, 0.05) is 5.56 Å². The molecule has 2 N–H and O–H groups in total. The van der Waals surface area contributed by atoms with Crippen LogP contribution in [0.2, 0.25) is 0 Å². The molecular formula is C20H17N3O3S. The first-order chi connectivity index (χ1) is 13.1. The van der Waals surface area contributed by atoms with Crippen molar-refractivity contribution in [3.05, 3.63) is 83.0 Å². The van der Waals surface area contributed by atoms with E-state index in [1.807, 2.05) is 30.3 Å². The monoisotopic (exact) mass is 379 g/mol. The van der Waals surface area contributed by atoms with Crippen molar-refractivity contribution in [3.8, 4) is 0 Å². The molecule has 0 aliphatic carbocycles. The van der Waals surface area contributed by atoms with E-state index in [-0.39, 0.29) is 16.7 Å². The Morgan fingerprint density at radius 3 is 2.63 bits per heavy atom. The molecule has 0 spiro atoms. The quantitative estimate of drug-likeness (QED) is 0.726. The highest BCUT2D eigenvalue weighted by molar-refractivity contribution is 8.00. The Bertz CT molecular complexity index is 983. The number of rotatable bonds is 4. The van der Waals surface area contributed by atoms with E-state index in [0.29, 0.717) is 18.1 Å². The largest absolute Gasteiger partial charge is 0.478 e. The molecule has 2 aromatic carbocycles. The van der Waals surface area contributed by atoms with Crippen LogP contribution in [-0.4, -0.2) is 32.5 Å². The summed E-state index contributed by atoms with van der Waals surface area (Å²) in [6.07, 6.45) is 1.78. The molecule has 0 saturated heterocycles. The Hall–Kier alpha value is -3.06. The molecule has 1 amide bonds. The van der Waals surface area contributed by atoms with Crippen LogP contribution < -0.4 is 5.32 Å². The Balaban J connectivity index is 1.70. The van der Waals surface area contributed by atoms with Gasteiger partial charge in [-0.05, 0) is 23.3 Å². The summed E-state index contributed by atoms with van der Waals surface area (Å²) in [4.78, 5) is 23.3. The number of carboxylic acids is 1. The van der Waals surface area contributed by atoms with Crippen molar-refractivity contribution in [3.63, 3.8) is 0 Å². The van der Waals surface area contributed by atoms with Crippen LogP contribution in [0.15, 0.2) is 60.8 Å². The maximum absolute atomic E-state index is 12.2. The summed E-state index contributed by atoms with van der Waals surface area (Å²) in [7, 11) is 0. The van der Waals surface area contributed by atoms with Gasteiger partial charge in [-0.2, -0.15) is 5.10 Å². The Kier molecular flexibility index (Phi) is 4.68. The van der Waals surface area contributed by atoms with Gasteiger partial charge < -0.3 is 10.4 Å². The molecule has 0 bridgehead atoms. The topological polar surface area (TPSA) is 84.2 Å². The van der Waals surface area contributed by atoms with E-state index in [4.69, 9.17) is 5.11 Å². The van der Waals surface area contributed by atoms with Crippen molar-refractivity contribution in [2.75, 3.05) is 11.1 Å². The highest BCUT2D eigenvalue weighted by Gasteiger charge is 2.27. The SMILES string of the molecule is O=C1CS[C@H](c2ccc(C(=O)O)cc2)c2cnn(Cc3ccccc3)c2N1. The zero-order valence-electron chi connectivity index (χ0n) is 14.3. The normalized spacial score (nSPS) is 16.3. The average Bonchev–Trinajstić information content (AvgIpc) is 2.96. The van der Waals surface area contributed by atoms with Crippen LogP contribution in [-0.2, 0) is 11.3 Å². The second-order valence-electron chi connectivity index (χ2n) is 6.26. The molecule has 0 fully saturated rings. The predicted octanol–water partition coefficient (Wildman–Crippen LogP) is 3.40. The lowest BCUT2D eigenvalue weighted by atomic mass is 10.0. The summed E-state index contributed by atoms with van der Waals surface area (Å²) in [6.45, 7) is 0.561. The number of carbonyl (C=O) groups is 2. The van der Waals surface area contributed by atoms with Gasteiger partial charge in [-0.1, -0.05) is 42.5 Å². The molecule has 1 atom stereocenters. The van der Waals surface area contributed by atoms with Gasteiger partial charge in [0.1, 0.15) is 5.82 Å². The molecule has 136 valence electrons. The van der Waals surface area contributed by atoms with Gasteiger partial charge in [0.05, 0.1) is 29.3 Å². The summed E-state index contributed by atoms with van der Waals surface area (Å²) >= 11 is 1.51. The van der Waals surface area contributed by atoms with Gasteiger partial charge in [-0.15, -0.1) is 11.8 Å². The number of aromatic nitrogens is 2. The van der Waals surface area contributed by atoms with Crippen LogP contribution in [0.1, 0.15) is 32.3 Å². The van der Waals surface area contributed by atoms with Crippen LogP contribution in [0.4, 0.5) is 5.82 Å². The van der Waals surface area contributed by atoms with Gasteiger partial charge in [-0.25, -0.2) is 9.48 Å². The number of carboxylic acid groups (broad SMARTS) is 1. The minimum Gasteiger partial charge on any atom is -0.478 e. The Morgan fingerprint density at radius 1 is 1.19 bits per heavy atom. The van der Waals surface area contributed by atoms with E-state index < -0.39 is 5.97 Å². The van der Waals surface area contributed by atoms with Crippen molar-refractivity contribution in [2.24, 2.45) is 0 Å². The molecule has 6 nitrogen and oxygen atoms in total. The van der Waals surface area contributed by atoms with E-state index in [0.717, 1.165) is 16.7 Å². The minimum atomic E-state index is -0.955. The van der Waals surface area contributed by atoms with Gasteiger partial charge in [0.15, 0.2) is 0 Å². The van der Waals surface area contributed by atoms with Crippen molar-refractivity contribution in [2.45, 2.75) is 11.8 Å².